The largest absolute Gasteiger partial charge is 0.282 e. The molecule has 2 atom stereocenters. The van der Waals surface area contributed by atoms with Gasteiger partial charge in [-0.3, -0.25) is 0 Å². The van der Waals surface area contributed by atoms with Crippen LogP contribution in [-0.4, -0.2) is 43.2 Å². The van der Waals surface area contributed by atoms with Gasteiger partial charge in [0.2, 0.25) is 0 Å². The van der Waals surface area contributed by atoms with Gasteiger partial charge in [-0.15, -0.1) is 13.2 Å². The van der Waals surface area contributed by atoms with Crippen LogP contribution in [0.15, 0.2) is 37.0 Å². The van der Waals surface area contributed by atoms with Gasteiger partial charge >= 0.3 is 0 Å². The molecule has 1 aliphatic heterocycles. The molecule has 1 aliphatic rings. The van der Waals surface area contributed by atoms with Crippen LogP contribution in [0.4, 0.5) is 0 Å². The van der Waals surface area contributed by atoms with Gasteiger partial charge in [-0.05, 0) is 26.2 Å². The minimum Gasteiger partial charge on any atom is -0.195 e. The van der Waals surface area contributed by atoms with Gasteiger partial charge in [-0.1, -0.05) is 23.8 Å². The summed E-state index contributed by atoms with van der Waals surface area (Å²) in [6, 6.07) is -0.205. The molecule has 4 nitrogen and oxygen atoms in total. The van der Waals surface area contributed by atoms with E-state index in [-0.39, 0.29) is 12.1 Å². The van der Waals surface area contributed by atoms with Crippen molar-refractivity contribution in [3.63, 3.8) is 0 Å². The Kier molecular flexibility index (Phi) is 5.52. The second-order valence-electron chi connectivity index (χ2n) is 5.11. The average molecular weight is 284 g/mol. The Balaban J connectivity index is 3.23. The Hall–Kier alpha value is -0.910. The second kappa shape index (κ2) is 6.50. The van der Waals surface area contributed by atoms with E-state index in [4.69, 9.17) is 0 Å². The molecule has 19 heavy (non-hydrogen) atoms. The maximum absolute atomic E-state index is 12.5. The molecule has 0 radical (unpaired) electrons. The SMILES string of the molecule is C=CC[C@H]1CC(C)=C[C@H](CC=C)N1S(=O)(=O)N(C)C. The minimum absolute atomic E-state index is 0.0557. The quantitative estimate of drug-likeness (QED) is 0.702. The number of hydrogen-bond acceptors (Lipinski definition) is 2. The third kappa shape index (κ3) is 3.55. The topological polar surface area (TPSA) is 40.6 Å². The van der Waals surface area contributed by atoms with E-state index in [2.05, 4.69) is 13.2 Å². The summed E-state index contributed by atoms with van der Waals surface area (Å²) in [6.45, 7) is 9.51. The zero-order valence-corrected chi connectivity index (χ0v) is 12.9. The number of rotatable bonds is 6. The summed E-state index contributed by atoms with van der Waals surface area (Å²) >= 11 is 0. The van der Waals surface area contributed by atoms with Crippen LogP contribution in [0, 0.1) is 0 Å². The molecule has 0 N–H and O–H groups in total. The van der Waals surface area contributed by atoms with Crippen molar-refractivity contribution < 1.29 is 8.42 Å². The van der Waals surface area contributed by atoms with Crippen LogP contribution in [0.25, 0.3) is 0 Å². The lowest BCUT2D eigenvalue weighted by Crippen LogP contribution is -2.52. The lowest BCUT2D eigenvalue weighted by Gasteiger charge is -2.40. The number of hydrogen-bond donors (Lipinski definition) is 0. The van der Waals surface area contributed by atoms with Crippen LogP contribution >= 0.6 is 0 Å². The molecule has 5 heteroatoms. The fourth-order valence-electron chi connectivity index (χ4n) is 2.47. The first kappa shape index (κ1) is 16.1. The molecule has 0 amide bonds. The van der Waals surface area contributed by atoms with Gasteiger partial charge in [0.1, 0.15) is 0 Å². The summed E-state index contributed by atoms with van der Waals surface area (Å²) in [7, 11) is -0.308. The summed E-state index contributed by atoms with van der Waals surface area (Å²) in [5.41, 5.74) is 1.23. The van der Waals surface area contributed by atoms with E-state index in [9.17, 15) is 8.42 Å². The van der Waals surface area contributed by atoms with Crippen molar-refractivity contribution in [3.05, 3.63) is 37.0 Å². The van der Waals surface area contributed by atoms with Gasteiger partial charge in [-0.25, -0.2) is 0 Å². The van der Waals surface area contributed by atoms with E-state index in [0.717, 1.165) is 6.42 Å². The van der Waals surface area contributed by atoms with E-state index >= 15 is 0 Å². The molecule has 108 valence electrons. The molecule has 0 saturated carbocycles. The highest BCUT2D eigenvalue weighted by atomic mass is 32.2. The lowest BCUT2D eigenvalue weighted by atomic mass is 9.95. The van der Waals surface area contributed by atoms with Gasteiger partial charge in [0, 0.05) is 26.2 Å². The molecule has 0 spiro atoms. The average Bonchev–Trinajstić information content (AvgIpc) is 2.28. The predicted octanol–water partition coefficient (Wildman–Crippen LogP) is 2.33. The van der Waals surface area contributed by atoms with Gasteiger partial charge in [-0.2, -0.15) is 17.0 Å². The zero-order chi connectivity index (χ0) is 14.6. The predicted molar refractivity (Wildman–Crippen MR) is 80.0 cm³/mol. The first-order valence-corrected chi connectivity index (χ1v) is 7.84. The normalized spacial score (nSPS) is 25.2. The van der Waals surface area contributed by atoms with Gasteiger partial charge < -0.3 is 0 Å². The molecule has 0 aromatic rings. The molecular formula is C14H24N2O2S. The van der Waals surface area contributed by atoms with E-state index in [1.165, 1.54) is 9.88 Å². The van der Waals surface area contributed by atoms with E-state index in [1.54, 1.807) is 30.6 Å². The van der Waals surface area contributed by atoms with Crippen molar-refractivity contribution in [2.24, 2.45) is 0 Å². The summed E-state index contributed by atoms with van der Waals surface area (Å²) in [4.78, 5) is 0. The fraction of sp³-hybridized carbons (Fsp3) is 0.571. The maximum atomic E-state index is 12.5. The van der Waals surface area contributed by atoms with Crippen LogP contribution in [0.1, 0.15) is 26.2 Å². The van der Waals surface area contributed by atoms with Gasteiger partial charge in [0.15, 0.2) is 0 Å². The molecule has 0 unspecified atom stereocenters. The lowest BCUT2D eigenvalue weighted by molar-refractivity contribution is 0.247. The monoisotopic (exact) mass is 284 g/mol. The van der Waals surface area contributed by atoms with Crippen LogP contribution in [0.2, 0.25) is 0 Å². The minimum atomic E-state index is -3.44. The second-order valence-corrected chi connectivity index (χ2v) is 7.15. The van der Waals surface area contributed by atoms with Gasteiger partial charge in [0.05, 0.1) is 0 Å². The number of nitrogens with zero attached hydrogens (tertiary/aromatic N) is 2. The third-order valence-electron chi connectivity index (χ3n) is 3.30. The Labute approximate surface area is 117 Å². The highest BCUT2D eigenvalue weighted by Crippen LogP contribution is 2.30. The summed E-state index contributed by atoms with van der Waals surface area (Å²) in [5, 5.41) is 0. The molecule has 0 fully saturated rings. The molecule has 0 aliphatic carbocycles. The van der Waals surface area contributed by atoms with Gasteiger partial charge in [0.25, 0.3) is 10.2 Å². The molecule has 0 aromatic carbocycles. The molecule has 1 heterocycles. The molecule has 0 bridgehead atoms. The zero-order valence-electron chi connectivity index (χ0n) is 12.0. The first-order chi connectivity index (χ1) is 8.84. The highest BCUT2D eigenvalue weighted by Gasteiger charge is 2.38. The van der Waals surface area contributed by atoms with E-state index < -0.39 is 10.2 Å². The van der Waals surface area contributed by atoms with Crippen LogP contribution in [-0.2, 0) is 10.2 Å². The van der Waals surface area contributed by atoms with Crippen molar-refractivity contribution in [1.29, 1.82) is 0 Å². The van der Waals surface area contributed by atoms with Crippen molar-refractivity contribution in [1.82, 2.24) is 8.61 Å². The Morgan fingerprint density at radius 3 is 2.42 bits per heavy atom. The standard InChI is InChI=1S/C14H24N2O2S/c1-6-8-13-10-12(3)11-14(9-7-2)16(13)19(17,18)15(4)5/h6-7,10,13-14H,1-2,8-9,11H2,3-5H3/t13-,14-/m0/s1. The van der Waals surface area contributed by atoms with Crippen molar-refractivity contribution >= 4 is 10.2 Å². The van der Waals surface area contributed by atoms with Crippen molar-refractivity contribution in [3.8, 4) is 0 Å². The van der Waals surface area contributed by atoms with Crippen LogP contribution in [0.5, 0.6) is 0 Å². The Bertz CT molecular complexity index is 466. The summed E-state index contributed by atoms with van der Waals surface area (Å²) < 4.78 is 27.9. The Morgan fingerprint density at radius 2 is 1.95 bits per heavy atom. The highest BCUT2D eigenvalue weighted by molar-refractivity contribution is 7.86. The maximum Gasteiger partial charge on any atom is 0.282 e. The van der Waals surface area contributed by atoms with E-state index in [0.29, 0.717) is 12.8 Å². The molecule has 0 aromatic heterocycles. The smallest absolute Gasteiger partial charge is 0.195 e. The Morgan fingerprint density at radius 1 is 1.37 bits per heavy atom. The van der Waals surface area contributed by atoms with Crippen LogP contribution < -0.4 is 0 Å². The summed E-state index contributed by atoms with van der Waals surface area (Å²) in [6.07, 6.45) is 7.62. The van der Waals surface area contributed by atoms with E-state index in [1.807, 2.05) is 13.0 Å². The summed E-state index contributed by atoms with van der Waals surface area (Å²) in [5.74, 6) is 0. The first-order valence-electron chi connectivity index (χ1n) is 6.44. The molecule has 0 saturated heterocycles. The molecular weight excluding hydrogens is 260 g/mol. The van der Waals surface area contributed by atoms with Crippen molar-refractivity contribution in [2.75, 3.05) is 14.1 Å². The third-order valence-corrected chi connectivity index (χ3v) is 5.32. The van der Waals surface area contributed by atoms with Crippen LogP contribution in [0.3, 0.4) is 0 Å². The fourth-order valence-corrected chi connectivity index (χ4v) is 3.88. The van der Waals surface area contributed by atoms with Crippen molar-refractivity contribution in [2.45, 2.75) is 38.3 Å². The molecule has 1 rings (SSSR count).